The highest BCUT2D eigenvalue weighted by Gasteiger charge is 2.35. The first-order chi connectivity index (χ1) is 8.61. The van der Waals surface area contributed by atoms with Gasteiger partial charge >= 0.3 is 0 Å². The van der Waals surface area contributed by atoms with Gasteiger partial charge in [-0.2, -0.15) is 0 Å². The quantitative estimate of drug-likeness (QED) is 0.838. The second-order valence-electron chi connectivity index (χ2n) is 5.56. The molecule has 2 atom stereocenters. The highest BCUT2D eigenvalue weighted by Crippen LogP contribution is 2.36. The van der Waals surface area contributed by atoms with Gasteiger partial charge in [-0.15, -0.1) is 0 Å². The van der Waals surface area contributed by atoms with E-state index < -0.39 is 0 Å². The van der Waals surface area contributed by atoms with Crippen LogP contribution in [0.2, 0.25) is 0 Å². The minimum absolute atomic E-state index is 0.123. The fourth-order valence-electron chi connectivity index (χ4n) is 2.62. The molecular formula is C16H25NO. The van der Waals surface area contributed by atoms with Gasteiger partial charge in [-0.1, -0.05) is 23.8 Å². The number of hydrogen-bond acceptors (Lipinski definition) is 2. The van der Waals surface area contributed by atoms with Gasteiger partial charge in [0.15, 0.2) is 0 Å². The molecule has 1 aliphatic carbocycles. The van der Waals surface area contributed by atoms with Crippen molar-refractivity contribution in [3.8, 4) is 0 Å². The smallest absolute Gasteiger partial charge is 0.0757 e. The van der Waals surface area contributed by atoms with Crippen molar-refractivity contribution in [3.63, 3.8) is 0 Å². The summed E-state index contributed by atoms with van der Waals surface area (Å²) in [5.74, 6) is 0.699. The maximum atomic E-state index is 6.37. The van der Waals surface area contributed by atoms with E-state index in [1.54, 1.807) is 0 Å². The van der Waals surface area contributed by atoms with E-state index in [2.05, 4.69) is 39.0 Å². The van der Waals surface area contributed by atoms with Gasteiger partial charge in [0.25, 0.3) is 0 Å². The lowest BCUT2D eigenvalue weighted by Crippen LogP contribution is -2.40. The lowest BCUT2D eigenvalue weighted by Gasteiger charge is -2.24. The van der Waals surface area contributed by atoms with Crippen LogP contribution in [-0.4, -0.2) is 18.8 Å². The first kappa shape index (κ1) is 13.6. The first-order valence-electron chi connectivity index (χ1n) is 7.05. The summed E-state index contributed by atoms with van der Waals surface area (Å²) in [6, 6.07) is 6.72. The number of aryl methyl sites for hydroxylation is 2. The second-order valence-corrected chi connectivity index (χ2v) is 5.56. The Morgan fingerprint density at radius 2 is 2.06 bits per heavy atom. The van der Waals surface area contributed by atoms with Gasteiger partial charge in [0.05, 0.1) is 6.10 Å². The molecule has 1 fully saturated rings. The monoisotopic (exact) mass is 247 g/mol. The van der Waals surface area contributed by atoms with Crippen molar-refractivity contribution in [2.24, 2.45) is 11.7 Å². The molecule has 0 bridgehead atoms. The summed E-state index contributed by atoms with van der Waals surface area (Å²) in [5.41, 5.74) is 10.4. The summed E-state index contributed by atoms with van der Waals surface area (Å²) >= 11 is 0. The molecule has 1 aliphatic rings. The molecule has 1 saturated carbocycles. The van der Waals surface area contributed by atoms with Crippen molar-refractivity contribution in [2.45, 2.75) is 52.2 Å². The Bertz CT molecular complexity index is 398. The predicted molar refractivity (Wildman–Crippen MR) is 75.7 cm³/mol. The van der Waals surface area contributed by atoms with Gasteiger partial charge in [0, 0.05) is 12.6 Å². The Labute approximate surface area is 111 Å². The van der Waals surface area contributed by atoms with Crippen LogP contribution in [0, 0.1) is 19.8 Å². The summed E-state index contributed by atoms with van der Waals surface area (Å²) in [4.78, 5) is 0. The highest BCUT2D eigenvalue weighted by atomic mass is 16.5. The zero-order valence-corrected chi connectivity index (χ0v) is 11.8. The van der Waals surface area contributed by atoms with Crippen LogP contribution in [0.1, 0.15) is 36.5 Å². The third-order valence-corrected chi connectivity index (χ3v) is 3.83. The number of benzene rings is 1. The largest absolute Gasteiger partial charge is 0.377 e. The van der Waals surface area contributed by atoms with E-state index >= 15 is 0 Å². The lowest BCUT2D eigenvalue weighted by molar-refractivity contribution is 0.0287. The van der Waals surface area contributed by atoms with Crippen LogP contribution in [-0.2, 0) is 11.2 Å². The molecule has 0 aliphatic heterocycles. The molecule has 0 spiro atoms. The molecule has 0 amide bonds. The predicted octanol–water partition coefficient (Wildman–Crippen LogP) is 2.99. The minimum atomic E-state index is 0.123. The van der Waals surface area contributed by atoms with Crippen molar-refractivity contribution in [3.05, 3.63) is 34.9 Å². The highest BCUT2D eigenvalue weighted by molar-refractivity contribution is 5.31. The van der Waals surface area contributed by atoms with Gasteiger partial charge in [0.1, 0.15) is 0 Å². The van der Waals surface area contributed by atoms with Crippen LogP contribution in [0.25, 0.3) is 0 Å². The fourth-order valence-corrected chi connectivity index (χ4v) is 2.62. The van der Waals surface area contributed by atoms with E-state index in [0.717, 1.165) is 13.0 Å². The molecule has 2 rings (SSSR count). The summed E-state index contributed by atoms with van der Waals surface area (Å²) in [6.45, 7) is 7.12. The third kappa shape index (κ3) is 3.33. The van der Waals surface area contributed by atoms with Gasteiger partial charge < -0.3 is 10.5 Å². The molecule has 0 aromatic heterocycles. The Morgan fingerprint density at radius 1 is 1.33 bits per heavy atom. The Kier molecular flexibility index (Phi) is 4.41. The average Bonchev–Trinajstić information content (AvgIpc) is 3.14. The molecule has 100 valence electrons. The molecular weight excluding hydrogens is 222 g/mol. The standard InChI is InChI=1S/C16H25NO/c1-4-18-16(13-7-8-13)15(17)10-14-9-11(2)5-6-12(14)3/h5-6,9,13,15-16H,4,7-8,10,17H2,1-3H3. The van der Waals surface area contributed by atoms with Crippen molar-refractivity contribution in [1.29, 1.82) is 0 Å². The molecule has 0 heterocycles. The van der Waals surface area contributed by atoms with Crippen LogP contribution < -0.4 is 5.73 Å². The van der Waals surface area contributed by atoms with Gasteiger partial charge in [-0.3, -0.25) is 0 Å². The number of rotatable bonds is 6. The molecule has 1 aromatic rings. The maximum Gasteiger partial charge on any atom is 0.0757 e. The Morgan fingerprint density at radius 3 is 2.67 bits per heavy atom. The van der Waals surface area contributed by atoms with E-state index in [-0.39, 0.29) is 12.1 Å². The van der Waals surface area contributed by atoms with Gasteiger partial charge in [-0.25, -0.2) is 0 Å². The Hall–Kier alpha value is -0.860. The topological polar surface area (TPSA) is 35.2 Å². The average molecular weight is 247 g/mol. The SMILES string of the molecule is CCOC(C(N)Cc1cc(C)ccc1C)C1CC1. The molecule has 2 N–H and O–H groups in total. The van der Waals surface area contributed by atoms with E-state index in [1.165, 1.54) is 29.5 Å². The van der Waals surface area contributed by atoms with Crippen molar-refractivity contribution in [1.82, 2.24) is 0 Å². The first-order valence-corrected chi connectivity index (χ1v) is 7.05. The third-order valence-electron chi connectivity index (χ3n) is 3.83. The second kappa shape index (κ2) is 5.85. The number of nitrogens with two attached hydrogens (primary N) is 1. The Balaban J connectivity index is 2.04. The number of ether oxygens (including phenoxy) is 1. The fraction of sp³-hybridized carbons (Fsp3) is 0.625. The zero-order chi connectivity index (χ0) is 13.1. The molecule has 2 heteroatoms. The van der Waals surface area contributed by atoms with E-state index in [0.29, 0.717) is 5.92 Å². The van der Waals surface area contributed by atoms with Crippen molar-refractivity contribution >= 4 is 0 Å². The van der Waals surface area contributed by atoms with Crippen LogP contribution in [0.3, 0.4) is 0 Å². The van der Waals surface area contributed by atoms with Crippen LogP contribution in [0.5, 0.6) is 0 Å². The van der Waals surface area contributed by atoms with Crippen LogP contribution >= 0.6 is 0 Å². The van der Waals surface area contributed by atoms with E-state index in [9.17, 15) is 0 Å². The molecule has 18 heavy (non-hydrogen) atoms. The number of hydrogen-bond donors (Lipinski definition) is 1. The van der Waals surface area contributed by atoms with Gasteiger partial charge in [0.2, 0.25) is 0 Å². The molecule has 0 radical (unpaired) electrons. The van der Waals surface area contributed by atoms with Crippen LogP contribution in [0.15, 0.2) is 18.2 Å². The zero-order valence-electron chi connectivity index (χ0n) is 11.8. The summed E-state index contributed by atoms with van der Waals surface area (Å²) < 4.78 is 5.85. The molecule has 1 aromatic carbocycles. The molecule has 2 unspecified atom stereocenters. The lowest BCUT2D eigenvalue weighted by atomic mass is 9.95. The summed E-state index contributed by atoms with van der Waals surface area (Å²) in [5, 5.41) is 0. The minimum Gasteiger partial charge on any atom is -0.377 e. The molecule has 0 saturated heterocycles. The van der Waals surface area contributed by atoms with Gasteiger partial charge in [-0.05, 0) is 57.1 Å². The van der Waals surface area contributed by atoms with Crippen molar-refractivity contribution < 1.29 is 4.74 Å². The van der Waals surface area contributed by atoms with Crippen molar-refractivity contribution in [2.75, 3.05) is 6.61 Å². The maximum absolute atomic E-state index is 6.37. The molecule has 2 nitrogen and oxygen atoms in total. The summed E-state index contributed by atoms with van der Waals surface area (Å²) in [7, 11) is 0. The summed E-state index contributed by atoms with van der Waals surface area (Å²) in [6.07, 6.45) is 3.74. The van der Waals surface area contributed by atoms with E-state index in [1.807, 2.05) is 0 Å². The van der Waals surface area contributed by atoms with Crippen LogP contribution in [0.4, 0.5) is 0 Å². The normalized spacial score (nSPS) is 18.7. The van der Waals surface area contributed by atoms with E-state index in [4.69, 9.17) is 10.5 Å².